The van der Waals surface area contributed by atoms with Crippen LogP contribution in [0.5, 0.6) is 0 Å². The van der Waals surface area contributed by atoms with Crippen molar-refractivity contribution in [2.24, 2.45) is 4.99 Å². The van der Waals surface area contributed by atoms with Crippen LogP contribution in [0.25, 0.3) is 0 Å². The second-order valence-corrected chi connectivity index (χ2v) is 7.79. The minimum atomic E-state index is -1.03. The minimum Gasteiger partial charge on any atom is -0.466 e. The molecule has 0 unspecified atom stereocenters. The predicted octanol–water partition coefficient (Wildman–Crippen LogP) is 2.12. The standard InChI is InChI=1S/C24H27NO8/c1-24(2)13-14-9-7-8-10-15(14)18(25-24)11-16(21(27)31-4)20(23(29)33-6)17(22(28)32-5)12-19(26)30-3/h7-10,12H,11,13H2,1-6H3/b17-12-,20-16+. The highest BCUT2D eigenvalue weighted by Gasteiger charge is 2.34. The second-order valence-electron chi connectivity index (χ2n) is 7.79. The molecule has 176 valence electrons. The van der Waals surface area contributed by atoms with Crippen LogP contribution < -0.4 is 0 Å². The molecule has 0 atom stereocenters. The molecule has 9 heteroatoms. The lowest BCUT2D eigenvalue weighted by Crippen LogP contribution is -2.30. The average Bonchev–Trinajstić information content (AvgIpc) is 2.80. The molecule has 1 aliphatic rings. The summed E-state index contributed by atoms with van der Waals surface area (Å²) in [6.07, 6.45) is 1.29. The Labute approximate surface area is 192 Å². The molecule has 0 aliphatic carbocycles. The van der Waals surface area contributed by atoms with Crippen LogP contribution >= 0.6 is 0 Å². The Kier molecular flexibility index (Phi) is 8.28. The summed E-state index contributed by atoms with van der Waals surface area (Å²) in [5.41, 5.74) is 0.699. The summed E-state index contributed by atoms with van der Waals surface area (Å²) in [6.45, 7) is 3.89. The van der Waals surface area contributed by atoms with Gasteiger partial charge in [-0.15, -0.1) is 0 Å². The molecule has 0 amide bonds. The van der Waals surface area contributed by atoms with Gasteiger partial charge in [-0.1, -0.05) is 24.3 Å². The first kappa shape index (κ1) is 25.5. The van der Waals surface area contributed by atoms with Gasteiger partial charge in [-0.2, -0.15) is 0 Å². The summed E-state index contributed by atoms with van der Waals surface area (Å²) in [7, 11) is 4.40. The highest BCUT2D eigenvalue weighted by Crippen LogP contribution is 2.31. The number of hydrogen-bond donors (Lipinski definition) is 0. The van der Waals surface area contributed by atoms with E-state index in [1.165, 1.54) is 0 Å². The number of aliphatic imine (C=N–C) groups is 1. The van der Waals surface area contributed by atoms with E-state index in [0.717, 1.165) is 45.6 Å². The van der Waals surface area contributed by atoms with E-state index in [1.54, 1.807) is 0 Å². The number of carbonyl (C=O) groups excluding carboxylic acids is 4. The minimum absolute atomic E-state index is 0.160. The Morgan fingerprint density at radius 2 is 1.52 bits per heavy atom. The van der Waals surface area contributed by atoms with Crippen LogP contribution in [0.4, 0.5) is 0 Å². The van der Waals surface area contributed by atoms with Crippen LogP contribution in [-0.2, 0) is 44.5 Å². The van der Waals surface area contributed by atoms with Crippen LogP contribution in [-0.4, -0.2) is 63.6 Å². The molecule has 0 spiro atoms. The molecule has 1 aromatic carbocycles. The molecule has 0 aromatic heterocycles. The van der Waals surface area contributed by atoms with Crippen molar-refractivity contribution in [2.45, 2.75) is 32.2 Å². The third kappa shape index (κ3) is 5.94. The van der Waals surface area contributed by atoms with Gasteiger partial charge in [0.2, 0.25) is 0 Å². The second kappa shape index (κ2) is 10.7. The van der Waals surface area contributed by atoms with Crippen molar-refractivity contribution >= 4 is 29.6 Å². The molecular weight excluding hydrogens is 430 g/mol. The fourth-order valence-electron chi connectivity index (χ4n) is 3.59. The van der Waals surface area contributed by atoms with Gasteiger partial charge in [-0.3, -0.25) is 4.99 Å². The average molecular weight is 457 g/mol. The molecule has 1 aromatic rings. The van der Waals surface area contributed by atoms with Crippen LogP contribution in [0.3, 0.4) is 0 Å². The summed E-state index contributed by atoms with van der Waals surface area (Å²) in [4.78, 5) is 54.9. The first-order valence-electron chi connectivity index (χ1n) is 10.0. The maximum absolute atomic E-state index is 12.9. The molecule has 0 N–H and O–H groups in total. The summed E-state index contributed by atoms with van der Waals surface area (Å²) < 4.78 is 19.1. The highest BCUT2D eigenvalue weighted by molar-refractivity contribution is 6.16. The zero-order valence-electron chi connectivity index (χ0n) is 19.5. The van der Waals surface area contributed by atoms with E-state index in [9.17, 15) is 19.2 Å². The lowest BCUT2D eigenvalue weighted by molar-refractivity contribution is -0.141. The van der Waals surface area contributed by atoms with Gasteiger partial charge >= 0.3 is 23.9 Å². The van der Waals surface area contributed by atoms with Gasteiger partial charge in [0, 0.05) is 18.2 Å². The number of rotatable bonds is 7. The molecular formula is C24H27NO8. The van der Waals surface area contributed by atoms with Gasteiger partial charge in [-0.05, 0) is 31.4 Å². The van der Waals surface area contributed by atoms with Crippen molar-refractivity contribution in [2.75, 3.05) is 28.4 Å². The number of fused-ring (bicyclic) bond motifs is 1. The molecule has 0 radical (unpaired) electrons. The summed E-state index contributed by atoms with van der Waals surface area (Å²) in [5, 5.41) is 0. The fourth-order valence-corrected chi connectivity index (χ4v) is 3.59. The van der Waals surface area contributed by atoms with Crippen LogP contribution in [0.1, 0.15) is 31.4 Å². The maximum Gasteiger partial charge on any atom is 0.339 e. The largest absolute Gasteiger partial charge is 0.466 e. The van der Waals surface area contributed by atoms with Gasteiger partial charge in [0.25, 0.3) is 0 Å². The van der Waals surface area contributed by atoms with Crippen molar-refractivity contribution < 1.29 is 38.1 Å². The van der Waals surface area contributed by atoms with E-state index in [-0.39, 0.29) is 12.0 Å². The van der Waals surface area contributed by atoms with Crippen molar-refractivity contribution in [1.82, 2.24) is 0 Å². The maximum atomic E-state index is 12.9. The third-order valence-electron chi connectivity index (χ3n) is 4.99. The van der Waals surface area contributed by atoms with Gasteiger partial charge in [0.1, 0.15) is 0 Å². The Morgan fingerprint density at radius 3 is 2.09 bits per heavy atom. The number of benzene rings is 1. The Balaban J connectivity index is 2.82. The molecule has 0 saturated heterocycles. The molecule has 9 nitrogen and oxygen atoms in total. The molecule has 1 heterocycles. The van der Waals surface area contributed by atoms with E-state index >= 15 is 0 Å². The van der Waals surface area contributed by atoms with E-state index in [4.69, 9.17) is 19.2 Å². The molecule has 0 bridgehead atoms. The zero-order chi connectivity index (χ0) is 24.8. The first-order valence-corrected chi connectivity index (χ1v) is 10.0. The quantitative estimate of drug-likeness (QED) is 0.264. The summed E-state index contributed by atoms with van der Waals surface area (Å²) >= 11 is 0. The van der Waals surface area contributed by atoms with Crippen LogP contribution in [0, 0.1) is 0 Å². The van der Waals surface area contributed by atoms with Gasteiger partial charge in [0.15, 0.2) is 0 Å². The highest BCUT2D eigenvalue weighted by atomic mass is 16.5. The van der Waals surface area contributed by atoms with Crippen LogP contribution in [0.15, 0.2) is 52.1 Å². The van der Waals surface area contributed by atoms with Crippen molar-refractivity contribution in [3.63, 3.8) is 0 Å². The van der Waals surface area contributed by atoms with Gasteiger partial charge < -0.3 is 18.9 Å². The smallest absolute Gasteiger partial charge is 0.339 e. The zero-order valence-corrected chi connectivity index (χ0v) is 19.5. The predicted molar refractivity (Wildman–Crippen MR) is 119 cm³/mol. The van der Waals surface area contributed by atoms with Gasteiger partial charge in [0.05, 0.1) is 50.7 Å². The Hall–Kier alpha value is -3.75. The number of esters is 4. The molecule has 2 rings (SSSR count). The van der Waals surface area contributed by atoms with Gasteiger partial charge in [-0.25, -0.2) is 19.2 Å². The Morgan fingerprint density at radius 1 is 0.909 bits per heavy atom. The normalized spacial score (nSPS) is 15.3. The monoisotopic (exact) mass is 457 g/mol. The summed E-state index contributed by atoms with van der Waals surface area (Å²) in [5.74, 6) is -3.88. The van der Waals surface area contributed by atoms with E-state index < -0.39 is 40.6 Å². The van der Waals surface area contributed by atoms with E-state index in [0.29, 0.717) is 12.1 Å². The number of nitrogens with zero attached hydrogens (tertiary/aromatic N) is 1. The number of ether oxygens (including phenoxy) is 4. The molecule has 1 aliphatic heterocycles. The van der Waals surface area contributed by atoms with Crippen molar-refractivity contribution in [3.8, 4) is 0 Å². The topological polar surface area (TPSA) is 118 Å². The lowest BCUT2D eigenvalue weighted by atomic mass is 9.84. The number of carbonyl (C=O) groups is 4. The SMILES string of the molecule is COC(=O)/C=C(C(=O)OC)/C(C(=O)OC)=C(/CC1=NC(C)(C)Cc2ccccc21)C(=O)OC. The van der Waals surface area contributed by atoms with Crippen LogP contribution in [0.2, 0.25) is 0 Å². The summed E-state index contributed by atoms with van der Waals surface area (Å²) in [6, 6.07) is 7.57. The van der Waals surface area contributed by atoms with Crippen molar-refractivity contribution in [3.05, 3.63) is 58.2 Å². The number of methoxy groups -OCH3 is 4. The fraction of sp³-hybridized carbons (Fsp3) is 0.375. The molecule has 0 fully saturated rings. The lowest BCUT2D eigenvalue weighted by Gasteiger charge is -2.29. The number of hydrogen-bond acceptors (Lipinski definition) is 9. The first-order chi connectivity index (χ1) is 15.6. The van der Waals surface area contributed by atoms with E-state index in [2.05, 4.69) is 4.74 Å². The molecule has 0 saturated carbocycles. The third-order valence-corrected chi connectivity index (χ3v) is 4.99. The van der Waals surface area contributed by atoms with E-state index in [1.807, 2.05) is 38.1 Å². The van der Waals surface area contributed by atoms with Crippen molar-refractivity contribution in [1.29, 1.82) is 0 Å². The Bertz CT molecular complexity index is 1060. The molecule has 33 heavy (non-hydrogen) atoms.